The van der Waals surface area contributed by atoms with Crippen molar-refractivity contribution < 1.29 is 22.9 Å². The second-order valence-corrected chi connectivity index (χ2v) is 12.5. The largest absolute Gasteiger partial charge is 0.350 e. The van der Waals surface area contributed by atoms with Crippen molar-refractivity contribution in [3.8, 4) is 6.07 Å². The van der Waals surface area contributed by atoms with Crippen molar-refractivity contribution in [1.82, 2.24) is 25.8 Å². The smallest absolute Gasteiger partial charge is 0.233 e. The van der Waals surface area contributed by atoms with Gasteiger partial charge in [-0.05, 0) is 32.4 Å². The molecule has 0 aromatic rings. The molecule has 4 aliphatic heterocycles. The summed E-state index contributed by atoms with van der Waals surface area (Å²) >= 11 is 0. The molecule has 7 atom stereocenters. The van der Waals surface area contributed by atoms with E-state index in [4.69, 9.17) is 16.7 Å². The standard InChI is InChI=1S/C27H47F2N9O2/c1-3-4-9-38(2)16-19(28)11-34-25(38)22(24(31)32)26(39)35-21-13-33-12-20(29)23(21)36-7-5-18(6-8-36)27(40)37-14-17(10-30)15-37/h17-25,33-34H,3-9,11-16,31-32H2,1-2H3/p+1. The van der Waals surface area contributed by atoms with Crippen LogP contribution in [0.4, 0.5) is 8.78 Å². The number of piperidine rings is 2. The van der Waals surface area contributed by atoms with Crippen LogP contribution in [0.15, 0.2) is 0 Å². The molecule has 0 aromatic heterocycles. The molecule has 4 aliphatic rings. The topological polar surface area (TPSA) is 153 Å². The highest BCUT2D eigenvalue weighted by atomic mass is 19.1. The van der Waals surface area contributed by atoms with Gasteiger partial charge in [-0.25, -0.2) is 8.78 Å². The number of nitrogens with zero attached hydrogens (tertiary/aromatic N) is 4. The Morgan fingerprint density at radius 2 is 1.88 bits per heavy atom. The molecular formula is C27H48F2N9O2+. The van der Waals surface area contributed by atoms with Gasteiger partial charge in [0.2, 0.25) is 11.8 Å². The summed E-state index contributed by atoms with van der Waals surface area (Å²) in [4.78, 5) is 30.4. The predicted octanol–water partition coefficient (Wildman–Crippen LogP) is -1.15. The molecule has 11 nitrogen and oxygen atoms in total. The van der Waals surface area contributed by atoms with Gasteiger partial charge >= 0.3 is 0 Å². The molecule has 40 heavy (non-hydrogen) atoms. The van der Waals surface area contributed by atoms with Gasteiger partial charge in [-0.3, -0.25) is 19.8 Å². The van der Waals surface area contributed by atoms with E-state index in [1.807, 2.05) is 7.05 Å². The number of carbonyl (C=O) groups is 2. The lowest BCUT2D eigenvalue weighted by Crippen LogP contribution is -2.74. The van der Waals surface area contributed by atoms with E-state index < -0.39 is 42.7 Å². The number of amides is 2. The number of hydrogen-bond acceptors (Lipinski definition) is 8. The normalized spacial score (nSPS) is 35.1. The zero-order chi connectivity index (χ0) is 29.0. The molecule has 0 aliphatic carbocycles. The molecule has 7 N–H and O–H groups in total. The maximum absolute atomic E-state index is 15.4. The van der Waals surface area contributed by atoms with Crippen LogP contribution in [0, 0.1) is 29.1 Å². The van der Waals surface area contributed by atoms with Gasteiger partial charge in [0.15, 0.2) is 12.3 Å². The first kappa shape index (κ1) is 31.0. The summed E-state index contributed by atoms with van der Waals surface area (Å²) in [5.74, 6) is -1.30. The average molecular weight is 569 g/mol. The zero-order valence-corrected chi connectivity index (χ0v) is 23.9. The molecule has 0 spiro atoms. The van der Waals surface area contributed by atoms with Crippen LogP contribution < -0.4 is 27.4 Å². The Labute approximate surface area is 236 Å². The quantitative estimate of drug-likeness (QED) is 0.173. The number of nitrogens with two attached hydrogens (primary N) is 2. The number of rotatable bonds is 9. The van der Waals surface area contributed by atoms with Gasteiger partial charge in [0.25, 0.3) is 0 Å². The predicted molar refractivity (Wildman–Crippen MR) is 147 cm³/mol. The summed E-state index contributed by atoms with van der Waals surface area (Å²) < 4.78 is 30.2. The molecular weight excluding hydrogens is 520 g/mol. The third-order valence-electron chi connectivity index (χ3n) is 9.41. The molecule has 4 saturated heterocycles. The van der Waals surface area contributed by atoms with Crippen molar-refractivity contribution in [1.29, 1.82) is 5.26 Å². The first-order valence-corrected chi connectivity index (χ1v) is 14.9. The Balaban J connectivity index is 1.42. The fourth-order valence-electron chi connectivity index (χ4n) is 7.10. The van der Waals surface area contributed by atoms with E-state index in [-0.39, 0.29) is 43.3 Å². The minimum Gasteiger partial charge on any atom is -0.350 e. The molecule has 2 amide bonds. The lowest BCUT2D eigenvalue weighted by Gasteiger charge is -2.50. The number of carbonyl (C=O) groups excluding carboxylic acids is 2. The highest BCUT2D eigenvalue weighted by Crippen LogP contribution is 2.29. The van der Waals surface area contributed by atoms with E-state index in [9.17, 15) is 14.0 Å². The van der Waals surface area contributed by atoms with E-state index in [2.05, 4.69) is 33.8 Å². The van der Waals surface area contributed by atoms with Gasteiger partial charge < -0.3 is 31.5 Å². The van der Waals surface area contributed by atoms with Crippen LogP contribution in [0.2, 0.25) is 0 Å². The maximum atomic E-state index is 15.4. The first-order valence-electron chi connectivity index (χ1n) is 14.9. The highest BCUT2D eigenvalue weighted by molar-refractivity contribution is 5.80. The van der Waals surface area contributed by atoms with Crippen LogP contribution in [-0.4, -0.2) is 129 Å². The van der Waals surface area contributed by atoms with Crippen molar-refractivity contribution in [3.05, 3.63) is 0 Å². The monoisotopic (exact) mass is 568 g/mol. The van der Waals surface area contributed by atoms with Crippen LogP contribution in [-0.2, 0) is 9.59 Å². The van der Waals surface area contributed by atoms with Crippen LogP contribution in [0.1, 0.15) is 32.6 Å². The Morgan fingerprint density at radius 3 is 2.50 bits per heavy atom. The first-order chi connectivity index (χ1) is 19.1. The van der Waals surface area contributed by atoms with Gasteiger partial charge in [-0.2, -0.15) is 5.26 Å². The van der Waals surface area contributed by atoms with Gasteiger partial charge in [0.1, 0.15) is 18.6 Å². The second kappa shape index (κ2) is 13.4. The number of nitriles is 1. The summed E-state index contributed by atoms with van der Waals surface area (Å²) in [5.41, 5.74) is 12.4. The molecule has 0 saturated carbocycles. The van der Waals surface area contributed by atoms with Crippen molar-refractivity contribution in [2.24, 2.45) is 29.2 Å². The number of alkyl halides is 2. The van der Waals surface area contributed by atoms with Crippen LogP contribution in [0.5, 0.6) is 0 Å². The summed E-state index contributed by atoms with van der Waals surface area (Å²) in [6.07, 6.45) is -0.619. The molecule has 4 fully saturated rings. The Morgan fingerprint density at radius 1 is 1.18 bits per heavy atom. The molecule has 13 heteroatoms. The fraction of sp³-hybridized carbons (Fsp3) is 0.889. The molecule has 7 unspecified atom stereocenters. The third-order valence-corrected chi connectivity index (χ3v) is 9.41. The number of quaternary nitrogens is 1. The van der Waals surface area contributed by atoms with E-state index in [1.54, 1.807) is 4.90 Å². The molecule has 0 aromatic carbocycles. The summed E-state index contributed by atoms with van der Waals surface area (Å²) in [7, 11) is 1.94. The number of halogens is 2. The van der Waals surface area contributed by atoms with Gasteiger partial charge in [0, 0.05) is 38.6 Å². The van der Waals surface area contributed by atoms with Crippen molar-refractivity contribution in [3.63, 3.8) is 0 Å². The fourth-order valence-corrected chi connectivity index (χ4v) is 7.10. The van der Waals surface area contributed by atoms with Gasteiger partial charge in [0.05, 0.1) is 43.8 Å². The van der Waals surface area contributed by atoms with Gasteiger partial charge in [-0.1, -0.05) is 13.3 Å². The minimum atomic E-state index is -1.20. The molecule has 0 radical (unpaired) electrons. The SMILES string of the molecule is CCCC[N+]1(C)CC(F)CNC1C(C(=O)NC1CNCC(F)C1N1CCC(C(=O)N2CC(C#N)C2)CC1)C(N)N. The lowest BCUT2D eigenvalue weighted by molar-refractivity contribution is -0.946. The average Bonchev–Trinajstić information content (AvgIpc) is 2.88. The third kappa shape index (κ3) is 6.74. The van der Waals surface area contributed by atoms with E-state index in [0.29, 0.717) is 56.6 Å². The Kier molecular flexibility index (Phi) is 10.3. The minimum absolute atomic E-state index is 0.0774. The van der Waals surface area contributed by atoms with Crippen molar-refractivity contribution >= 4 is 11.8 Å². The van der Waals surface area contributed by atoms with Gasteiger partial charge in [-0.15, -0.1) is 0 Å². The molecule has 4 rings (SSSR count). The highest BCUT2D eigenvalue weighted by Gasteiger charge is 2.49. The van der Waals surface area contributed by atoms with Crippen LogP contribution in [0.3, 0.4) is 0 Å². The second-order valence-electron chi connectivity index (χ2n) is 12.5. The lowest BCUT2D eigenvalue weighted by atomic mass is 9.88. The molecule has 0 bridgehead atoms. The number of hydrogen-bond donors (Lipinski definition) is 5. The van der Waals surface area contributed by atoms with E-state index in [0.717, 1.165) is 12.8 Å². The number of likely N-dealkylation sites (tertiary alicyclic amines) is 2. The Bertz CT molecular complexity index is 922. The van der Waals surface area contributed by atoms with Crippen LogP contribution >= 0.6 is 0 Å². The molecule has 4 heterocycles. The summed E-state index contributed by atoms with van der Waals surface area (Å²) in [6.45, 7) is 5.84. The summed E-state index contributed by atoms with van der Waals surface area (Å²) in [5, 5.41) is 18.4. The zero-order valence-electron chi connectivity index (χ0n) is 23.9. The molecule has 226 valence electrons. The van der Waals surface area contributed by atoms with Crippen molar-refractivity contribution in [2.45, 2.75) is 69.4 Å². The summed E-state index contributed by atoms with van der Waals surface area (Å²) in [6, 6.07) is 1.14. The van der Waals surface area contributed by atoms with E-state index in [1.165, 1.54) is 0 Å². The van der Waals surface area contributed by atoms with E-state index >= 15 is 4.39 Å². The van der Waals surface area contributed by atoms with Crippen LogP contribution in [0.25, 0.3) is 0 Å². The van der Waals surface area contributed by atoms with Crippen molar-refractivity contribution in [2.75, 3.05) is 66.0 Å². The number of nitrogens with one attached hydrogen (secondary N) is 3. The maximum Gasteiger partial charge on any atom is 0.233 e. The Hall–Kier alpha value is -1.95. The number of unbranched alkanes of at least 4 members (excludes halogenated alkanes) is 1.